The molecule has 1 aliphatic carbocycles. The van der Waals surface area contributed by atoms with Gasteiger partial charge in [-0.25, -0.2) is 4.98 Å². The molecule has 1 saturated heterocycles. The van der Waals surface area contributed by atoms with Crippen LogP contribution in [0.25, 0.3) is 11.2 Å². The summed E-state index contributed by atoms with van der Waals surface area (Å²) < 4.78 is 47.7. The summed E-state index contributed by atoms with van der Waals surface area (Å²) in [6.07, 6.45) is 4.10. The number of nitrogens with zero attached hydrogens (tertiary/aromatic N) is 5. The van der Waals surface area contributed by atoms with E-state index < -0.39 is 11.7 Å². The molecule has 3 heterocycles. The highest BCUT2D eigenvalue weighted by Crippen LogP contribution is 2.36. The minimum Gasteiger partial charge on any atom is -0.358 e. The minimum absolute atomic E-state index is 0.0853. The smallest absolute Gasteiger partial charge is 0.358 e. The number of imidazole rings is 1. The van der Waals surface area contributed by atoms with Gasteiger partial charge in [0.05, 0.1) is 11.9 Å². The Balaban J connectivity index is 1.56. The van der Waals surface area contributed by atoms with Crippen molar-refractivity contribution < 1.29 is 17.9 Å². The van der Waals surface area contributed by atoms with E-state index in [1.54, 1.807) is 12.4 Å². The van der Waals surface area contributed by atoms with Gasteiger partial charge >= 0.3 is 6.18 Å². The Labute approximate surface area is 194 Å². The highest BCUT2D eigenvalue weighted by Gasteiger charge is 2.32. The number of aromatic nitrogens is 4. The first-order valence-corrected chi connectivity index (χ1v) is 11.7. The van der Waals surface area contributed by atoms with Crippen LogP contribution in [0.2, 0.25) is 5.28 Å². The van der Waals surface area contributed by atoms with Gasteiger partial charge in [0, 0.05) is 19.2 Å². The van der Waals surface area contributed by atoms with E-state index in [1.807, 2.05) is 4.57 Å². The van der Waals surface area contributed by atoms with Crippen molar-refractivity contribution in [2.75, 3.05) is 11.5 Å². The van der Waals surface area contributed by atoms with Crippen LogP contribution >= 0.6 is 11.6 Å². The van der Waals surface area contributed by atoms with E-state index >= 15 is 0 Å². The number of alkyl halides is 3. The number of ether oxygens (including phenoxy) is 1. The Morgan fingerprint density at radius 2 is 1.88 bits per heavy atom. The lowest BCUT2D eigenvalue weighted by Crippen LogP contribution is -2.34. The molecule has 1 aliphatic heterocycles. The van der Waals surface area contributed by atoms with Crippen molar-refractivity contribution >= 4 is 28.6 Å². The van der Waals surface area contributed by atoms with Crippen molar-refractivity contribution in [3.05, 3.63) is 47.0 Å². The third kappa shape index (κ3) is 4.66. The van der Waals surface area contributed by atoms with E-state index in [2.05, 4.69) is 19.9 Å². The van der Waals surface area contributed by atoms with E-state index in [0.29, 0.717) is 29.2 Å². The fourth-order valence-electron chi connectivity index (χ4n) is 4.87. The van der Waals surface area contributed by atoms with Crippen molar-refractivity contribution in [1.29, 1.82) is 0 Å². The average molecular weight is 480 g/mol. The maximum atomic E-state index is 13.3. The topological polar surface area (TPSA) is 56.1 Å². The second-order valence-corrected chi connectivity index (χ2v) is 9.06. The van der Waals surface area contributed by atoms with E-state index in [9.17, 15) is 13.2 Å². The van der Waals surface area contributed by atoms with Crippen LogP contribution in [0.4, 0.5) is 19.0 Å². The standard InChI is InChI=1S/C23H25ClF3N5O/c24-22-29-20(19-21(30-22)32(14-28-19)18-10-3-4-11-33-18)31(17-8-1-2-9-17)13-15-6-5-7-16(12-15)23(25,26)27/h5-7,12,14,17-18H,1-4,8-11,13H2. The molecule has 10 heteroatoms. The Morgan fingerprint density at radius 1 is 1.09 bits per heavy atom. The molecule has 0 radical (unpaired) electrons. The molecule has 33 heavy (non-hydrogen) atoms. The highest BCUT2D eigenvalue weighted by atomic mass is 35.5. The van der Waals surface area contributed by atoms with Crippen LogP contribution in [0.1, 0.15) is 62.3 Å². The van der Waals surface area contributed by atoms with Gasteiger partial charge in [-0.1, -0.05) is 25.0 Å². The summed E-state index contributed by atoms with van der Waals surface area (Å²) >= 11 is 6.35. The van der Waals surface area contributed by atoms with Crippen LogP contribution in [0.15, 0.2) is 30.6 Å². The van der Waals surface area contributed by atoms with Crippen LogP contribution in [-0.2, 0) is 17.5 Å². The zero-order chi connectivity index (χ0) is 23.0. The first-order valence-electron chi connectivity index (χ1n) is 11.3. The van der Waals surface area contributed by atoms with Crippen LogP contribution in [0.3, 0.4) is 0 Å². The van der Waals surface area contributed by atoms with Gasteiger partial charge in [-0.05, 0) is 61.4 Å². The lowest BCUT2D eigenvalue weighted by atomic mass is 10.1. The Bertz CT molecular complexity index is 1120. The van der Waals surface area contributed by atoms with Crippen molar-refractivity contribution in [2.24, 2.45) is 0 Å². The van der Waals surface area contributed by atoms with E-state index in [-0.39, 0.29) is 24.1 Å². The fourth-order valence-corrected chi connectivity index (χ4v) is 5.03. The van der Waals surface area contributed by atoms with Gasteiger partial charge in [0.2, 0.25) is 5.28 Å². The van der Waals surface area contributed by atoms with Gasteiger partial charge in [0.15, 0.2) is 17.0 Å². The predicted molar refractivity (Wildman–Crippen MR) is 119 cm³/mol. The summed E-state index contributed by atoms with van der Waals surface area (Å²) in [5.41, 5.74) is 1.09. The second kappa shape index (κ2) is 9.10. The molecule has 3 aromatic rings. The largest absolute Gasteiger partial charge is 0.416 e. The molecular formula is C23H25ClF3N5O. The maximum absolute atomic E-state index is 13.3. The third-order valence-electron chi connectivity index (χ3n) is 6.49. The molecule has 6 nitrogen and oxygen atoms in total. The number of fused-ring (bicyclic) bond motifs is 1. The molecule has 1 atom stereocenters. The molecule has 2 fully saturated rings. The fraction of sp³-hybridized carbons (Fsp3) is 0.522. The number of halogens is 4. The highest BCUT2D eigenvalue weighted by molar-refractivity contribution is 6.28. The summed E-state index contributed by atoms with van der Waals surface area (Å²) in [5, 5.41) is 0.0853. The molecule has 0 spiro atoms. The molecule has 176 valence electrons. The number of hydrogen-bond acceptors (Lipinski definition) is 5. The quantitative estimate of drug-likeness (QED) is 0.411. The number of benzene rings is 1. The number of anilines is 1. The van der Waals surface area contributed by atoms with Crippen LogP contribution in [0, 0.1) is 0 Å². The lowest BCUT2D eigenvalue weighted by Gasteiger charge is -2.30. The SMILES string of the molecule is FC(F)(F)c1cccc(CN(c2nc(Cl)nc3c2ncn3C2CCCCO2)C2CCCC2)c1. The molecule has 0 bridgehead atoms. The third-order valence-corrected chi connectivity index (χ3v) is 6.66. The van der Waals surface area contributed by atoms with Crippen molar-refractivity contribution in [1.82, 2.24) is 19.5 Å². The lowest BCUT2D eigenvalue weighted by molar-refractivity contribution is -0.137. The summed E-state index contributed by atoms with van der Waals surface area (Å²) in [6, 6.07) is 5.60. The maximum Gasteiger partial charge on any atom is 0.416 e. The molecule has 5 rings (SSSR count). The first-order chi connectivity index (χ1) is 15.9. The number of rotatable bonds is 5. The van der Waals surface area contributed by atoms with Crippen molar-refractivity contribution in [3.8, 4) is 0 Å². The monoisotopic (exact) mass is 479 g/mol. The normalized spacial score (nSPS) is 19.9. The molecule has 2 aliphatic rings. The van der Waals surface area contributed by atoms with Gasteiger partial charge in [-0.2, -0.15) is 23.1 Å². The predicted octanol–water partition coefficient (Wildman–Crippen LogP) is 6.15. The van der Waals surface area contributed by atoms with Crippen molar-refractivity contribution in [3.63, 3.8) is 0 Å². The minimum atomic E-state index is -4.39. The Hall–Kier alpha value is -2.39. The Morgan fingerprint density at radius 3 is 2.61 bits per heavy atom. The summed E-state index contributed by atoms with van der Waals surface area (Å²) in [4.78, 5) is 15.6. The number of hydrogen-bond donors (Lipinski definition) is 0. The van der Waals surface area contributed by atoms with E-state index in [1.165, 1.54) is 12.1 Å². The molecule has 2 aromatic heterocycles. The summed E-state index contributed by atoms with van der Waals surface area (Å²) in [6.45, 7) is 0.962. The van der Waals surface area contributed by atoms with Gasteiger partial charge in [-0.3, -0.25) is 4.57 Å². The Kier molecular flexibility index (Phi) is 6.18. The molecule has 0 N–H and O–H groups in total. The molecular weight excluding hydrogens is 455 g/mol. The summed E-state index contributed by atoms with van der Waals surface area (Å²) in [5.74, 6) is 0.559. The van der Waals surface area contributed by atoms with E-state index in [0.717, 1.165) is 51.0 Å². The van der Waals surface area contributed by atoms with Crippen LogP contribution in [-0.4, -0.2) is 32.2 Å². The van der Waals surface area contributed by atoms with Gasteiger partial charge in [0.25, 0.3) is 0 Å². The van der Waals surface area contributed by atoms with Gasteiger partial charge in [0.1, 0.15) is 6.23 Å². The zero-order valence-electron chi connectivity index (χ0n) is 18.1. The zero-order valence-corrected chi connectivity index (χ0v) is 18.8. The average Bonchev–Trinajstić information content (AvgIpc) is 3.47. The van der Waals surface area contributed by atoms with Crippen LogP contribution < -0.4 is 4.90 Å². The first kappa shape index (κ1) is 22.4. The van der Waals surface area contributed by atoms with E-state index in [4.69, 9.17) is 16.3 Å². The van der Waals surface area contributed by atoms with Gasteiger partial charge < -0.3 is 9.64 Å². The van der Waals surface area contributed by atoms with Crippen LogP contribution in [0.5, 0.6) is 0 Å². The van der Waals surface area contributed by atoms with Gasteiger partial charge in [-0.15, -0.1) is 0 Å². The second-order valence-electron chi connectivity index (χ2n) is 8.73. The molecule has 0 amide bonds. The molecule has 1 saturated carbocycles. The molecule has 1 aromatic carbocycles. The molecule has 1 unspecified atom stereocenters. The summed E-state index contributed by atoms with van der Waals surface area (Å²) in [7, 11) is 0. The van der Waals surface area contributed by atoms with Crippen molar-refractivity contribution in [2.45, 2.75) is 69.9 Å².